The van der Waals surface area contributed by atoms with E-state index in [9.17, 15) is 4.39 Å². The van der Waals surface area contributed by atoms with Crippen molar-refractivity contribution in [2.24, 2.45) is 0 Å². The zero-order valence-electron chi connectivity index (χ0n) is 7.74. The number of para-hydroxylation sites is 1. The summed E-state index contributed by atoms with van der Waals surface area (Å²) >= 11 is 5.71. The Morgan fingerprint density at radius 3 is 2.73 bits per heavy atom. The van der Waals surface area contributed by atoms with Gasteiger partial charge in [-0.1, -0.05) is 23.7 Å². The Morgan fingerprint density at radius 1 is 1.20 bits per heavy atom. The molecule has 1 N–H and O–H groups in total. The number of pyridine rings is 1. The van der Waals surface area contributed by atoms with Gasteiger partial charge in [0.2, 0.25) is 0 Å². The predicted molar refractivity (Wildman–Crippen MR) is 58.9 cm³/mol. The van der Waals surface area contributed by atoms with E-state index in [0.29, 0.717) is 16.5 Å². The van der Waals surface area contributed by atoms with Gasteiger partial charge in [-0.15, -0.1) is 0 Å². The molecule has 2 rings (SSSR count). The van der Waals surface area contributed by atoms with Gasteiger partial charge in [-0.2, -0.15) is 0 Å². The lowest BCUT2D eigenvalue weighted by molar-refractivity contribution is 0.632. The molecule has 1 aromatic heterocycles. The fraction of sp³-hybridized carbons (Fsp3) is 0. The van der Waals surface area contributed by atoms with Crippen molar-refractivity contribution in [1.82, 2.24) is 4.98 Å². The van der Waals surface area contributed by atoms with Gasteiger partial charge in [0.1, 0.15) is 11.0 Å². The van der Waals surface area contributed by atoms with Crippen LogP contribution in [0.3, 0.4) is 0 Å². The third kappa shape index (κ3) is 2.44. The van der Waals surface area contributed by atoms with Gasteiger partial charge in [-0.25, -0.2) is 9.37 Å². The molecule has 0 fully saturated rings. The molecule has 0 spiro atoms. The van der Waals surface area contributed by atoms with Crippen molar-refractivity contribution in [3.05, 3.63) is 53.6 Å². The first-order chi connectivity index (χ1) is 7.25. The lowest BCUT2D eigenvalue weighted by atomic mass is 10.3. The predicted octanol–water partition coefficient (Wildman–Crippen LogP) is 3.62. The largest absolute Gasteiger partial charge is 0.353 e. The smallest absolute Gasteiger partial charge is 0.146 e. The van der Waals surface area contributed by atoms with Crippen molar-refractivity contribution < 1.29 is 4.39 Å². The number of rotatable bonds is 2. The zero-order valence-corrected chi connectivity index (χ0v) is 8.50. The summed E-state index contributed by atoms with van der Waals surface area (Å²) in [5.41, 5.74) is 1.12. The molecule has 1 aromatic carbocycles. The Morgan fingerprint density at radius 2 is 2.00 bits per heavy atom. The van der Waals surface area contributed by atoms with E-state index in [1.165, 1.54) is 6.07 Å². The fourth-order valence-electron chi connectivity index (χ4n) is 1.20. The summed E-state index contributed by atoms with van der Waals surface area (Å²) < 4.78 is 13.3. The minimum absolute atomic E-state index is 0.301. The average molecular weight is 223 g/mol. The van der Waals surface area contributed by atoms with Crippen molar-refractivity contribution in [3.63, 3.8) is 0 Å². The van der Waals surface area contributed by atoms with E-state index >= 15 is 0 Å². The molecule has 0 aliphatic rings. The standard InChI is InChI=1S/C11H8ClFN2/c12-11-7-8(5-6-14-11)15-10-4-2-1-3-9(10)13/h1-7H,(H,14,15). The van der Waals surface area contributed by atoms with Crippen LogP contribution in [0.1, 0.15) is 0 Å². The average Bonchev–Trinajstić information content (AvgIpc) is 2.22. The van der Waals surface area contributed by atoms with Crippen LogP contribution in [0.2, 0.25) is 5.15 Å². The quantitative estimate of drug-likeness (QED) is 0.785. The highest BCUT2D eigenvalue weighted by Crippen LogP contribution is 2.20. The fourth-order valence-corrected chi connectivity index (χ4v) is 1.37. The minimum Gasteiger partial charge on any atom is -0.353 e. The van der Waals surface area contributed by atoms with Crippen LogP contribution in [0.15, 0.2) is 42.6 Å². The van der Waals surface area contributed by atoms with Crippen molar-refractivity contribution in [2.45, 2.75) is 0 Å². The maximum Gasteiger partial charge on any atom is 0.146 e. The number of hydrogen-bond acceptors (Lipinski definition) is 2. The van der Waals surface area contributed by atoms with Gasteiger partial charge < -0.3 is 5.32 Å². The Bertz CT molecular complexity index is 474. The first-order valence-electron chi connectivity index (χ1n) is 4.39. The summed E-state index contributed by atoms with van der Waals surface area (Å²) in [6.07, 6.45) is 1.56. The molecule has 0 amide bonds. The van der Waals surface area contributed by atoms with Crippen LogP contribution >= 0.6 is 11.6 Å². The molecule has 0 radical (unpaired) electrons. The maximum absolute atomic E-state index is 13.3. The Labute approximate surface area is 91.7 Å². The van der Waals surface area contributed by atoms with Crippen molar-refractivity contribution in [3.8, 4) is 0 Å². The number of halogens is 2. The summed E-state index contributed by atoms with van der Waals surface area (Å²) in [6, 6.07) is 9.80. The molecule has 0 saturated heterocycles. The third-order valence-corrected chi connectivity index (χ3v) is 2.09. The summed E-state index contributed by atoms with van der Waals surface area (Å²) in [5, 5.41) is 3.29. The molecule has 76 valence electrons. The topological polar surface area (TPSA) is 24.9 Å². The number of anilines is 2. The van der Waals surface area contributed by atoms with Crippen LogP contribution in [0, 0.1) is 5.82 Å². The van der Waals surface area contributed by atoms with E-state index in [0.717, 1.165) is 0 Å². The minimum atomic E-state index is -0.301. The number of nitrogens with one attached hydrogen (secondary N) is 1. The second kappa shape index (κ2) is 4.28. The van der Waals surface area contributed by atoms with Gasteiger partial charge in [0, 0.05) is 11.9 Å². The third-order valence-electron chi connectivity index (χ3n) is 1.88. The van der Waals surface area contributed by atoms with Gasteiger partial charge in [-0.05, 0) is 24.3 Å². The second-order valence-electron chi connectivity index (χ2n) is 2.97. The summed E-state index contributed by atoms with van der Waals surface area (Å²) in [4.78, 5) is 3.84. The lowest BCUT2D eigenvalue weighted by Gasteiger charge is -2.06. The molecule has 0 aliphatic heterocycles. The molecule has 1 heterocycles. The Balaban J connectivity index is 2.26. The molecule has 0 bridgehead atoms. The van der Waals surface area contributed by atoms with Crippen LogP contribution in [-0.2, 0) is 0 Å². The van der Waals surface area contributed by atoms with Gasteiger partial charge in [-0.3, -0.25) is 0 Å². The highest BCUT2D eigenvalue weighted by molar-refractivity contribution is 6.29. The normalized spacial score (nSPS) is 10.0. The van der Waals surface area contributed by atoms with E-state index in [-0.39, 0.29) is 5.82 Å². The van der Waals surface area contributed by atoms with Gasteiger partial charge in [0.25, 0.3) is 0 Å². The molecule has 0 aliphatic carbocycles. The summed E-state index contributed by atoms with van der Waals surface area (Å²) in [7, 11) is 0. The maximum atomic E-state index is 13.3. The highest BCUT2D eigenvalue weighted by Gasteiger charge is 2.00. The molecule has 2 aromatic rings. The van der Waals surface area contributed by atoms with E-state index < -0.39 is 0 Å². The number of hydrogen-bond donors (Lipinski definition) is 1. The number of nitrogens with zero attached hydrogens (tertiary/aromatic N) is 1. The Hall–Kier alpha value is -1.61. The first-order valence-corrected chi connectivity index (χ1v) is 4.76. The highest BCUT2D eigenvalue weighted by atomic mass is 35.5. The molecule has 15 heavy (non-hydrogen) atoms. The van der Waals surface area contributed by atoms with Crippen molar-refractivity contribution in [2.75, 3.05) is 5.32 Å². The van der Waals surface area contributed by atoms with Crippen LogP contribution in [0.25, 0.3) is 0 Å². The lowest BCUT2D eigenvalue weighted by Crippen LogP contribution is -1.93. The van der Waals surface area contributed by atoms with Crippen LogP contribution in [0.4, 0.5) is 15.8 Å². The van der Waals surface area contributed by atoms with Crippen molar-refractivity contribution in [1.29, 1.82) is 0 Å². The van der Waals surface area contributed by atoms with Gasteiger partial charge in [0.05, 0.1) is 5.69 Å². The van der Waals surface area contributed by atoms with Gasteiger partial charge >= 0.3 is 0 Å². The number of benzene rings is 1. The van der Waals surface area contributed by atoms with Crippen LogP contribution in [0.5, 0.6) is 0 Å². The monoisotopic (exact) mass is 222 g/mol. The van der Waals surface area contributed by atoms with Crippen LogP contribution in [-0.4, -0.2) is 4.98 Å². The molecule has 0 saturated carbocycles. The molecular formula is C11H8ClFN2. The molecular weight excluding hydrogens is 215 g/mol. The molecule has 2 nitrogen and oxygen atoms in total. The zero-order chi connectivity index (χ0) is 10.7. The van der Waals surface area contributed by atoms with E-state index in [1.54, 1.807) is 36.5 Å². The molecule has 0 atom stereocenters. The summed E-state index contributed by atoms with van der Waals surface area (Å²) in [6.45, 7) is 0. The number of aromatic nitrogens is 1. The van der Waals surface area contributed by atoms with Gasteiger partial charge in [0.15, 0.2) is 0 Å². The van der Waals surface area contributed by atoms with Crippen LogP contribution < -0.4 is 5.32 Å². The Kier molecular flexibility index (Phi) is 2.83. The van der Waals surface area contributed by atoms with E-state index in [1.807, 2.05) is 0 Å². The summed E-state index contributed by atoms with van der Waals surface area (Å²) in [5.74, 6) is -0.301. The van der Waals surface area contributed by atoms with E-state index in [4.69, 9.17) is 11.6 Å². The van der Waals surface area contributed by atoms with E-state index in [2.05, 4.69) is 10.3 Å². The molecule has 0 unspecified atom stereocenters. The first kappa shape index (κ1) is 9.93. The second-order valence-corrected chi connectivity index (χ2v) is 3.36. The van der Waals surface area contributed by atoms with Crippen molar-refractivity contribution >= 4 is 23.0 Å². The molecule has 4 heteroatoms. The SMILES string of the molecule is Fc1ccccc1Nc1ccnc(Cl)c1.